The molecule has 6 aromatic rings. The van der Waals surface area contributed by atoms with Gasteiger partial charge in [0, 0.05) is 43.6 Å². The third kappa shape index (κ3) is 23.5. The molecule has 6 rings (SSSR count). The fourth-order valence-corrected chi connectivity index (χ4v) is 13.0. The number of aromatic nitrogens is 2. The van der Waals surface area contributed by atoms with Crippen LogP contribution in [0.3, 0.4) is 0 Å². The highest BCUT2D eigenvalue weighted by atomic mass is 15.0. The average molecular weight is 1080 g/mol. The fourth-order valence-electron chi connectivity index (χ4n) is 13.0. The Balaban J connectivity index is 1.12. The van der Waals surface area contributed by atoms with Crippen LogP contribution in [0.4, 0.5) is 0 Å². The smallest absolute Gasteiger partial charge is 0.0853 e. The monoisotopic (exact) mass is 1080 g/mol. The molecule has 2 heteroatoms. The van der Waals surface area contributed by atoms with Crippen molar-refractivity contribution in [2.24, 2.45) is 0 Å². The molecule has 0 aliphatic rings. The molecule has 2 heterocycles. The third-order valence-electron chi connectivity index (χ3n) is 18.0. The quantitative estimate of drug-likeness (QED) is 0.0266. The van der Waals surface area contributed by atoms with E-state index in [-0.39, 0.29) is 0 Å². The second kappa shape index (κ2) is 40.7. The first-order chi connectivity index (χ1) is 39.6. The first-order valence-corrected chi connectivity index (χ1v) is 34.7. The van der Waals surface area contributed by atoms with Crippen molar-refractivity contribution < 1.29 is 0 Å². The van der Waals surface area contributed by atoms with Gasteiger partial charge in [-0.05, 0) is 134 Å². The number of fused-ring (bicyclic) bond motifs is 6. The second-order valence-electron chi connectivity index (χ2n) is 24.9. The first kappa shape index (κ1) is 64.8. The van der Waals surface area contributed by atoms with Crippen LogP contribution in [-0.2, 0) is 38.8 Å². The predicted molar refractivity (Wildman–Crippen MR) is 357 cm³/mol. The average Bonchev–Trinajstić information content (AvgIpc) is 3.95. The summed E-state index contributed by atoms with van der Waals surface area (Å²) in [6.45, 7) is 10.5. The summed E-state index contributed by atoms with van der Waals surface area (Å²) in [5.41, 5.74) is 11.1. The van der Waals surface area contributed by atoms with Gasteiger partial charge in [0.05, 0.1) is 13.1 Å². The normalized spacial score (nSPS) is 11.6. The maximum atomic E-state index is 3.54. The summed E-state index contributed by atoms with van der Waals surface area (Å²) in [6.07, 6.45) is 59.8. The van der Waals surface area contributed by atoms with Crippen LogP contribution >= 0.6 is 0 Å². The summed E-state index contributed by atoms with van der Waals surface area (Å²) in [4.78, 5) is 0. The van der Waals surface area contributed by atoms with Gasteiger partial charge in [-0.3, -0.25) is 0 Å². The minimum Gasteiger partial charge on any atom is -0.329 e. The van der Waals surface area contributed by atoms with Crippen LogP contribution < -0.4 is 0 Å². The Morgan fingerprint density at radius 1 is 0.237 bits per heavy atom. The molecule has 4 aromatic carbocycles. The molecule has 80 heavy (non-hydrogen) atoms. The van der Waals surface area contributed by atoms with Crippen molar-refractivity contribution in [2.45, 2.75) is 323 Å². The SMILES string of the molecule is CCCCCCCCCCCCc1ccc2c(c1)c1cc(CCCCCCCCCCCC)ccc1n2CC#CC#CCn1c2ccc(CCCCCCCCCCCC)cc2c2cc(CCCCCCCCCCCC)ccc21. The molecular weight excluding hydrogens is 965 g/mol. The van der Waals surface area contributed by atoms with E-state index in [9.17, 15) is 0 Å². The van der Waals surface area contributed by atoms with E-state index in [1.807, 2.05) is 0 Å². The molecule has 0 atom stereocenters. The predicted octanol–water partition coefficient (Wildman–Crippen LogP) is 24.5. The molecule has 438 valence electrons. The maximum Gasteiger partial charge on any atom is 0.0853 e. The minimum absolute atomic E-state index is 0.642. The van der Waals surface area contributed by atoms with Crippen LogP contribution in [0.1, 0.15) is 307 Å². The molecule has 0 unspecified atom stereocenters. The van der Waals surface area contributed by atoms with Crippen molar-refractivity contribution in [1.29, 1.82) is 0 Å². The summed E-state index contributed by atoms with van der Waals surface area (Å²) in [5, 5.41) is 5.58. The highest BCUT2D eigenvalue weighted by Gasteiger charge is 2.14. The largest absolute Gasteiger partial charge is 0.329 e. The van der Waals surface area contributed by atoms with Gasteiger partial charge in [-0.2, -0.15) is 0 Å². The van der Waals surface area contributed by atoms with E-state index in [1.165, 1.54) is 348 Å². The number of aryl methyl sites for hydroxylation is 4. The lowest BCUT2D eigenvalue weighted by atomic mass is 10.0. The summed E-state index contributed by atoms with van der Waals surface area (Å²) in [5.74, 6) is 13.7. The van der Waals surface area contributed by atoms with E-state index in [0.29, 0.717) is 13.1 Å². The van der Waals surface area contributed by atoms with Crippen LogP contribution in [0.25, 0.3) is 43.6 Å². The highest BCUT2D eigenvalue weighted by molar-refractivity contribution is 6.09. The van der Waals surface area contributed by atoms with Crippen LogP contribution in [0, 0.1) is 23.7 Å². The fraction of sp³-hybridized carbons (Fsp3) is 0.641. The Kier molecular flexibility index (Phi) is 33.0. The van der Waals surface area contributed by atoms with E-state index in [0.717, 1.165) is 0 Å². The third-order valence-corrected chi connectivity index (χ3v) is 18.0. The molecule has 0 fully saturated rings. The number of hydrogen-bond donors (Lipinski definition) is 0. The van der Waals surface area contributed by atoms with Crippen LogP contribution in [0.5, 0.6) is 0 Å². The van der Waals surface area contributed by atoms with Crippen molar-refractivity contribution in [2.75, 3.05) is 0 Å². The van der Waals surface area contributed by atoms with E-state index < -0.39 is 0 Å². The lowest BCUT2D eigenvalue weighted by Crippen LogP contribution is -1.96. The molecule has 0 amide bonds. The van der Waals surface area contributed by atoms with Gasteiger partial charge < -0.3 is 9.13 Å². The molecule has 0 bridgehead atoms. The maximum absolute atomic E-state index is 3.54. The number of unbranched alkanes of at least 4 members (excludes halogenated alkanes) is 36. The van der Waals surface area contributed by atoms with Crippen molar-refractivity contribution in [3.8, 4) is 23.7 Å². The zero-order chi connectivity index (χ0) is 55.9. The van der Waals surface area contributed by atoms with Gasteiger partial charge in [-0.15, -0.1) is 0 Å². The number of benzene rings is 4. The van der Waals surface area contributed by atoms with Gasteiger partial charge in [0.25, 0.3) is 0 Å². The Bertz CT molecular complexity index is 2370. The number of nitrogens with zero attached hydrogens (tertiary/aromatic N) is 2. The van der Waals surface area contributed by atoms with Crippen molar-refractivity contribution in [1.82, 2.24) is 9.13 Å². The molecular formula is C78H116N2. The van der Waals surface area contributed by atoms with Crippen molar-refractivity contribution >= 4 is 43.6 Å². The molecule has 0 spiro atoms. The van der Waals surface area contributed by atoms with Crippen LogP contribution in [0.2, 0.25) is 0 Å². The highest BCUT2D eigenvalue weighted by Crippen LogP contribution is 2.34. The van der Waals surface area contributed by atoms with Crippen molar-refractivity contribution in [3.05, 3.63) is 95.1 Å². The standard InChI is InChI=1S/C78H116N2/c1-5-9-13-17-21-25-29-33-37-43-49-67-53-57-75-71(63-67)72-64-68(50-44-38-34-30-26-22-18-14-10-6-2)54-58-76(72)79(75)61-47-41-42-48-62-80-77-59-55-69(51-45-39-35-31-27-23-19-15-11-7-3)65-73(77)74-66-70(56-60-78(74)80)52-46-40-36-32-28-24-20-16-12-8-4/h53-60,63-66H,5-40,43-46,49-52,61-62H2,1-4H3. The molecule has 2 aromatic heterocycles. The number of rotatable bonds is 46. The van der Waals surface area contributed by atoms with Gasteiger partial charge in [0.2, 0.25) is 0 Å². The number of hydrogen-bond acceptors (Lipinski definition) is 0. The van der Waals surface area contributed by atoms with Gasteiger partial charge in [0.1, 0.15) is 0 Å². The zero-order valence-corrected chi connectivity index (χ0v) is 52.3. The van der Waals surface area contributed by atoms with Crippen LogP contribution in [0.15, 0.2) is 72.8 Å². The molecule has 2 nitrogen and oxygen atoms in total. The summed E-state index contributed by atoms with van der Waals surface area (Å²) in [6, 6.07) is 29.3. The Labute approximate surface area is 492 Å². The van der Waals surface area contributed by atoms with Gasteiger partial charge in [-0.25, -0.2) is 0 Å². The molecule has 0 aliphatic carbocycles. The topological polar surface area (TPSA) is 9.86 Å². The lowest BCUT2D eigenvalue weighted by Gasteiger charge is -2.05. The zero-order valence-electron chi connectivity index (χ0n) is 52.3. The Hall–Kier alpha value is -4.40. The van der Waals surface area contributed by atoms with Gasteiger partial charge in [0.15, 0.2) is 0 Å². The molecule has 0 aliphatic heterocycles. The van der Waals surface area contributed by atoms with Gasteiger partial charge in [-0.1, -0.05) is 295 Å². The van der Waals surface area contributed by atoms with E-state index in [4.69, 9.17) is 0 Å². The second-order valence-corrected chi connectivity index (χ2v) is 24.9. The molecule has 0 saturated heterocycles. The summed E-state index contributed by atoms with van der Waals surface area (Å²) < 4.78 is 4.92. The summed E-state index contributed by atoms with van der Waals surface area (Å²) >= 11 is 0. The molecule has 0 saturated carbocycles. The molecule has 0 N–H and O–H groups in total. The summed E-state index contributed by atoms with van der Waals surface area (Å²) in [7, 11) is 0. The molecule has 0 radical (unpaired) electrons. The Morgan fingerprint density at radius 2 is 0.425 bits per heavy atom. The lowest BCUT2D eigenvalue weighted by molar-refractivity contribution is 0.556. The first-order valence-electron chi connectivity index (χ1n) is 34.7. The van der Waals surface area contributed by atoms with Gasteiger partial charge >= 0.3 is 0 Å². The Morgan fingerprint density at radius 3 is 0.625 bits per heavy atom. The van der Waals surface area contributed by atoms with Crippen LogP contribution in [-0.4, -0.2) is 9.13 Å². The van der Waals surface area contributed by atoms with Crippen molar-refractivity contribution in [3.63, 3.8) is 0 Å². The van der Waals surface area contributed by atoms with E-state index in [1.54, 1.807) is 0 Å². The minimum atomic E-state index is 0.642. The van der Waals surface area contributed by atoms with E-state index in [2.05, 4.69) is 133 Å². The van der Waals surface area contributed by atoms with E-state index >= 15 is 0 Å².